The molecule has 3 aromatic rings. The van der Waals surface area contributed by atoms with Crippen LogP contribution in [-0.4, -0.2) is 23.0 Å². The lowest BCUT2D eigenvalue weighted by atomic mass is 10.1. The number of hydrogen-bond donors (Lipinski definition) is 1. The zero-order valence-electron chi connectivity index (χ0n) is 16.4. The first-order valence-electron chi connectivity index (χ1n) is 9.26. The molecule has 1 N–H and O–H groups in total. The molecule has 0 saturated carbocycles. The van der Waals surface area contributed by atoms with Gasteiger partial charge >= 0.3 is 6.03 Å². The van der Waals surface area contributed by atoms with E-state index in [2.05, 4.69) is 10.3 Å². The van der Waals surface area contributed by atoms with E-state index < -0.39 is 0 Å². The number of hydrogen-bond acceptors (Lipinski definition) is 3. The normalized spacial score (nSPS) is 11.5. The van der Waals surface area contributed by atoms with Gasteiger partial charge < -0.3 is 15.0 Å². The largest absolute Gasteiger partial charge is 0.497 e. The maximum Gasteiger partial charge on any atom is 0.322 e. The number of aryl methyl sites for hydroxylation is 1. The summed E-state index contributed by atoms with van der Waals surface area (Å²) >= 11 is 0. The molecule has 0 aliphatic carbocycles. The summed E-state index contributed by atoms with van der Waals surface area (Å²) in [4.78, 5) is 19.5. The molecule has 3 rings (SSSR count). The first-order valence-corrected chi connectivity index (χ1v) is 9.26. The zero-order valence-corrected chi connectivity index (χ0v) is 16.4. The molecule has 28 heavy (non-hydrogen) atoms. The van der Waals surface area contributed by atoms with Gasteiger partial charge in [-0.2, -0.15) is 0 Å². The Morgan fingerprint density at radius 3 is 2.39 bits per heavy atom. The first-order chi connectivity index (χ1) is 13.6. The Hall–Kier alpha value is -3.34. The lowest BCUT2D eigenvalue weighted by Crippen LogP contribution is -2.36. The molecular formula is C23H25N3O2. The molecule has 144 valence electrons. The average Bonchev–Trinajstić information content (AvgIpc) is 2.72. The van der Waals surface area contributed by atoms with Gasteiger partial charge in [0.05, 0.1) is 25.4 Å². The molecule has 0 radical (unpaired) electrons. The van der Waals surface area contributed by atoms with Crippen LogP contribution in [0.15, 0.2) is 72.8 Å². The van der Waals surface area contributed by atoms with Crippen molar-refractivity contribution in [3.63, 3.8) is 0 Å². The topological polar surface area (TPSA) is 54.5 Å². The monoisotopic (exact) mass is 375 g/mol. The van der Waals surface area contributed by atoms with Crippen molar-refractivity contribution in [2.45, 2.75) is 26.4 Å². The van der Waals surface area contributed by atoms with Crippen molar-refractivity contribution in [3.05, 3.63) is 89.7 Å². The standard InChI is InChI=1S/C23H25N3O2/c1-17-8-7-11-21(24-17)16-26(18(2)19-9-5-4-6-10-19)23(27)25-20-12-14-22(28-3)15-13-20/h4-15,18H,16H2,1-3H3,(H,25,27). The zero-order chi connectivity index (χ0) is 19.9. The number of amides is 2. The van der Waals surface area contributed by atoms with E-state index in [1.807, 2.05) is 86.6 Å². The minimum atomic E-state index is -0.176. The van der Waals surface area contributed by atoms with Crippen LogP contribution in [0.5, 0.6) is 5.75 Å². The smallest absolute Gasteiger partial charge is 0.322 e. The molecule has 1 heterocycles. The Morgan fingerprint density at radius 1 is 1.04 bits per heavy atom. The Labute approximate surface area is 166 Å². The number of aromatic nitrogens is 1. The Morgan fingerprint density at radius 2 is 1.75 bits per heavy atom. The van der Waals surface area contributed by atoms with Crippen molar-refractivity contribution in [2.75, 3.05) is 12.4 Å². The Bertz CT molecular complexity index is 911. The predicted molar refractivity (Wildman–Crippen MR) is 111 cm³/mol. The molecule has 0 aliphatic heterocycles. The molecule has 1 aromatic heterocycles. The molecule has 0 fully saturated rings. The minimum absolute atomic E-state index is 0.109. The third-order valence-corrected chi connectivity index (χ3v) is 4.63. The lowest BCUT2D eigenvalue weighted by molar-refractivity contribution is 0.188. The molecule has 0 spiro atoms. The number of urea groups is 1. The second kappa shape index (κ2) is 9.04. The first kappa shape index (κ1) is 19.4. The highest BCUT2D eigenvalue weighted by Crippen LogP contribution is 2.24. The predicted octanol–water partition coefficient (Wildman–Crippen LogP) is 5.19. The summed E-state index contributed by atoms with van der Waals surface area (Å²) in [5, 5.41) is 2.98. The van der Waals surface area contributed by atoms with Gasteiger partial charge in [-0.15, -0.1) is 0 Å². The maximum absolute atomic E-state index is 13.1. The van der Waals surface area contributed by atoms with E-state index >= 15 is 0 Å². The van der Waals surface area contributed by atoms with Gasteiger partial charge in [-0.05, 0) is 55.8 Å². The van der Waals surface area contributed by atoms with Crippen LogP contribution in [0.25, 0.3) is 0 Å². The number of rotatable bonds is 6. The maximum atomic E-state index is 13.1. The van der Waals surface area contributed by atoms with E-state index in [4.69, 9.17) is 4.74 Å². The van der Waals surface area contributed by atoms with Crippen LogP contribution >= 0.6 is 0 Å². The fourth-order valence-electron chi connectivity index (χ4n) is 3.03. The van der Waals surface area contributed by atoms with Crippen LogP contribution in [0.3, 0.4) is 0 Å². The SMILES string of the molecule is COc1ccc(NC(=O)N(Cc2cccc(C)n2)C(C)c2ccccc2)cc1. The van der Waals surface area contributed by atoms with Crippen molar-refractivity contribution in [1.29, 1.82) is 0 Å². The second-order valence-electron chi connectivity index (χ2n) is 6.64. The summed E-state index contributed by atoms with van der Waals surface area (Å²) in [5.41, 5.74) is 3.57. The van der Waals surface area contributed by atoms with Crippen molar-refractivity contribution in [3.8, 4) is 5.75 Å². The van der Waals surface area contributed by atoms with E-state index in [1.165, 1.54) is 0 Å². The summed E-state index contributed by atoms with van der Waals surface area (Å²) in [6.07, 6.45) is 0. The van der Waals surface area contributed by atoms with Gasteiger partial charge in [-0.3, -0.25) is 4.98 Å². The number of carbonyl (C=O) groups is 1. The summed E-state index contributed by atoms with van der Waals surface area (Å²) < 4.78 is 5.18. The fourth-order valence-corrected chi connectivity index (χ4v) is 3.03. The van der Waals surface area contributed by atoms with Gasteiger partial charge in [0.25, 0.3) is 0 Å². The van der Waals surface area contributed by atoms with Crippen molar-refractivity contribution < 1.29 is 9.53 Å². The number of benzene rings is 2. The molecular weight excluding hydrogens is 350 g/mol. The van der Waals surface area contributed by atoms with Gasteiger partial charge in [-0.1, -0.05) is 36.4 Å². The third-order valence-electron chi connectivity index (χ3n) is 4.63. The molecule has 0 bridgehead atoms. The number of nitrogens with one attached hydrogen (secondary N) is 1. The van der Waals surface area contributed by atoms with Crippen LogP contribution in [0.1, 0.15) is 29.9 Å². The van der Waals surface area contributed by atoms with Gasteiger partial charge in [0, 0.05) is 11.4 Å². The Kier molecular flexibility index (Phi) is 6.27. The molecule has 5 nitrogen and oxygen atoms in total. The number of methoxy groups -OCH3 is 1. The van der Waals surface area contributed by atoms with Crippen LogP contribution in [0.4, 0.5) is 10.5 Å². The number of carbonyl (C=O) groups excluding carboxylic acids is 1. The summed E-state index contributed by atoms with van der Waals surface area (Å²) in [5.74, 6) is 0.747. The highest BCUT2D eigenvalue weighted by atomic mass is 16.5. The highest BCUT2D eigenvalue weighted by Gasteiger charge is 2.22. The van der Waals surface area contributed by atoms with Gasteiger partial charge in [-0.25, -0.2) is 4.79 Å². The minimum Gasteiger partial charge on any atom is -0.497 e. The van der Waals surface area contributed by atoms with E-state index in [1.54, 1.807) is 12.0 Å². The van der Waals surface area contributed by atoms with Crippen LogP contribution in [0.2, 0.25) is 0 Å². The molecule has 5 heteroatoms. The summed E-state index contributed by atoms with van der Waals surface area (Å²) in [7, 11) is 1.62. The lowest BCUT2D eigenvalue weighted by Gasteiger charge is -2.29. The highest BCUT2D eigenvalue weighted by molar-refractivity contribution is 5.89. The number of pyridine rings is 1. The number of anilines is 1. The van der Waals surface area contributed by atoms with Gasteiger partial charge in [0.15, 0.2) is 0 Å². The fraction of sp³-hybridized carbons (Fsp3) is 0.217. The Balaban J connectivity index is 1.84. The molecule has 1 atom stereocenters. The quantitative estimate of drug-likeness (QED) is 0.645. The molecule has 1 unspecified atom stereocenters. The van der Waals surface area contributed by atoms with Crippen LogP contribution in [-0.2, 0) is 6.54 Å². The van der Waals surface area contributed by atoms with E-state index in [0.29, 0.717) is 12.2 Å². The van der Waals surface area contributed by atoms with Crippen molar-refractivity contribution >= 4 is 11.7 Å². The van der Waals surface area contributed by atoms with Crippen molar-refractivity contribution in [2.24, 2.45) is 0 Å². The van der Waals surface area contributed by atoms with Crippen LogP contribution in [0, 0.1) is 6.92 Å². The van der Waals surface area contributed by atoms with Gasteiger partial charge in [0.1, 0.15) is 5.75 Å². The number of nitrogens with zero attached hydrogens (tertiary/aromatic N) is 2. The van der Waals surface area contributed by atoms with E-state index in [-0.39, 0.29) is 12.1 Å². The van der Waals surface area contributed by atoms with Crippen molar-refractivity contribution in [1.82, 2.24) is 9.88 Å². The number of ether oxygens (including phenoxy) is 1. The average molecular weight is 375 g/mol. The molecule has 0 saturated heterocycles. The summed E-state index contributed by atoms with van der Waals surface area (Å²) in [6.45, 7) is 4.39. The van der Waals surface area contributed by atoms with E-state index in [0.717, 1.165) is 22.7 Å². The third kappa shape index (κ3) is 4.88. The molecule has 0 aliphatic rings. The molecule has 2 aromatic carbocycles. The second-order valence-corrected chi connectivity index (χ2v) is 6.64. The molecule has 2 amide bonds. The van der Waals surface area contributed by atoms with Gasteiger partial charge in [0.2, 0.25) is 0 Å². The van der Waals surface area contributed by atoms with E-state index in [9.17, 15) is 4.79 Å². The summed E-state index contributed by atoms with van der Waals surface area (Å²) in [6, 6.07) is 22.9. The van der Waals surface area contributed by atoms with Crippen LogP contribution < -0.4 is 10.1 Å².